The average Bonchev–Trinajstić information content (AvgIpc) is 3.29. The van der Waals surface area contributed by atoms with Crippen LogP contribution in [0.3, 0.4) is 0 Å². The maximum atomic E-state index is 14.6. The molecule has 0 unspecified atom stereocenters. The van der Waals surface area contributed by atoms with Gasteiger partial charge >= 0.3 is 0 Å². The van der Waals surface area contributed by atoms with E-state index in [1.165, 1.54) is 31.2 Å². The molecule has 0 aliphatic carbocycles. The number of allylic oxidation sites excluding steroid dienone is 1. The van der Waals surface area contributed by atoms with Gasteiger partial charge in [0.15, 0.2) is 0 Å². The fraction of sp³-hybridized carbons (Fsp3) is 0.500. The lowest BCUT2D eigenvalue weighted by atomic mass is 10.0. The molecule has 0 atom stereocenters. The Morgan fingerprint density at radius 1 is 1.11 bits per heavy atom. The number of amidine groups is 1. The molecule has 0 amide bonds. The topological polar surface area (TPSA) is 88.9 Å². The number of rotatable bonds is 4. The van der Waals surface area contributed by atoms with Crippen molar-refractivity contribution in [2.75, 3.05) is 26.2 Å². The van der Waals surface area contributed by atoms with E-state index in [2.05, 4.69) is 64.9 Å². The van der Waals surface area contributed by atoms with Gasteiger partial charge in [0, 0.05) is 26.2 Å². The van der Waals surface area contributed by atoms with Crippen LogP contribution in [0.4, 0.5) is 8.78 Å². The number of benzene rings is 1. The Morgan fingerprint density at radius 3 is 2.14 bits per heavy atom. The van der Waals surface area contributed by atoms with Crippen LogP contribution in [0.15, 0.2) is 41.2 Å². The number of phenols is 1. The molecule has 1 fully saturated rings. The number of halogens is 2. The van der Waals surface area contributed by atoms with Crippen LogP contribution < -0.4 is 5.32 Å². The maximum Gasteiger partial charge on any atom is 0.216 e. The highest BCUT2D eigenvalue weighted by Gasteiger charge is 2.18. The van der Waals surface area contributed by atoms with E-state index in [0.29, 0.717) is 5.84 Å². The lowest BCUT2D eigenvalue weighted by Crippen LogP contribution is -2.45. The van der Waals surface area contributed by atoms with Crippen molar-refractivity contribution in [3.05, 3.63) is 48.3 Å². The van der Waals surface area contributed by atoms with E-state index in [1.54, 1.807) is 0 Å². The summed E-state index contributed by atoms with van der Waals surface area (Å²) in [4.78, 5) is 2.06. The van der Waals surface area contributed by atoms with E-state index >= 15 is 0 Å². The van der Waals surface area contributed by atoms with Crippen molar-refractivity contribution in [2.45, 2.75) is 61.3 Å². The summed E-state index contributed by atoms with van der Waals surface area (Å²) in [5.74, 6) is -1.18. The third-order valence-corrected chi connectivity index (χ3v) is 4.30. The van der Waals surface area contributed by atoms with E-state index in [-0.39, 0.29) is 28.2 Å². The standard InChI is InChI=1S/C18H20F2N6O.2C3H8.C2H6/c1-3-15(24-23-11(2)26-6-4-21-5-7-26)17-14(19)8-12(9-16(17)27)13-10-22-25-18(13)20;2*1-3-2;1-2/h3,8-10,21,27H,1,4-7H2,2H3,(H,22,25);2*3H2,1-2H3;1-2H3/b23-11+,24-15+;;;. The minimum absolute atomic E-state index is 0.0559. The number of hydrogen-bond donors (Lipinski definition) is 3. The Kier molecular flexibility index (Phi) is 16.7. The van der Waals surface area contributed by atoms with Gasteiger partial charge in [-0.3, -0.25) is 5.10 Å². The summed E-state index contributed by atoms with van der Waals surface area (Å²) in [5.41, 5.74) is 0.150. The summed E-state index contributed by atoms with van der Waals surface area (Å²) in [5, 5.41) is 27.4. The number of aromatic amines is 1. The van der Waals surface area contributed by atoms with Crippen LogP contribution in [0.5, 0.6) is 5.75 Å². The average molecular weight is 493 g/mol. The first kappa shape index (κ1) is 31.9. The molecule has 0 radical (unpaired) electrons. The molecule has 1 aliphatic rings. The Bertz CT molecular complexity index is 909. The van der Waals surface area contributed by atoms with Crippen LogP contribution >= 0.6 is 0 Å². The van der Waals surface area contributed by atoms with Crippen LogP contribution in [0.25, 0.3) is 11.1 Å². The van der Waals surface area contributed by atoms with Crippen LogP contribution in [-0.4, -0.2) is 57.9 Å². The number of nitrogens with zero attached hydrogens (tertiary/aromatic N) is 4. The van der Waals surface area contributed by atoms with Gasteiger partial charge in [0.2, 0.25) is 5.95 Å². The predicted octanol–water partition coefficient (Wildman–Crippen LogP) is 6.13. The third-order valence-electron chi connectivity index (χ3n) is 4.30. The molecule has 2 heterocycles. The lowest BCUT2D eigenvalue weighted by Gasteiger charge is -2.28. The molecule has 1 aromatic heterocycles. The van der Waals surface area contributed by atoms with Crippen molar-refractivity contribution in [3.63, 3.8) is 0 Å². The molecular formula is C26H42F2N6O. The number of H-pyrrole nitrogens is 1. The van der Waals surface area contributed by atoms with Gasteiger partial charge in [-0.2, -0.15) is 9.49 Å². The second-order valence-corrected chi connectivity index (χ2v) is 7.44. The number of aromatic nitrogens is 2. The number of hydrogen-bond acceptors (Lipinski definition) is 5. The molecule has 3 N–H and O–H groups in total. The molecule has 196 valence electrons. The van der Waals surface area contributed by atoms with Gasteiger partial charge in [-0.15, -0.1) is 10.2 Å². The minimum Gasteiger partial charge on any atom is -0.507 e. The maximum absolute atomic E-state index is 14.6. The fourth-order valence-electron chi connectivity index (χ4n) is 2.84. The van der Waals surface area contributed by atoms with Gasteiger partial charge < -0.3 is 15.3 Å². The zero-order chi connectivity index (χ0) is 26.8. The number of piperazine rings is 1. The Balaban J connectivity index is 0.00000129. The molecular weight excluding hydrogens is 450 g/mol. The SMILES string of the molecule is C=C/C(=N\N=C(/C)N1CCNCC1)c1c(O)cc(-c2cn[nH]c2F)cc1F.CC.CCC.CCC. The molecule has 3 rings (SSSR count). The van der Waals surface area contributed by atoms with Gasteiger partial charge in [-0.25, -0.2) is 4.39 Å². The van der Waals surface area contributed by atoms with Crippen molar-refractivity contribution >= 4 is 11.5 Å². The van der Waals surface area contributed by atoms with E-state index in [1.807, 2.05) is 20.8 Å². The first-order valence-corrected chi connectivity index (χ1v) is 12.3. The van der Waals surface area contributed by atoms with Crippen molar-refractivity contribution in [1.29, 1.82) is 0 Å². The zero-order valence-electron chi connectivity index (χ0n) is 22.3. The first-order chi connectivity index (χ1) is 16.8. The zero-order valence-corrected chi connectivity index (χ0v) is 22.3. The van der Waals surface area contributed by atoms with Crippen LogP contribution in [0, 0.1) is 11.8 Å². The third kappa shape index (κ3) is 10.4. The highest BCUT2D eigenvalue weighted by molar-refractivity contribution is 6.10. The van der Waals surface area contributed by atoms with Gasteiger partial charge in [-0.1, -0.05) is 61.0 Å². The number of nitrogens with one attached hydrogen (secondary N) is 2. The second kappa shape index (κ2) is 18.3. The van der Waals surface area contributed by atoms with E-state index in [4.69, 9.17) is 0 Å². The highest BCUT2D eigenvalue weighted by atomic mass is 19.1. The molecule has 9 heteroatoms. The van der Waals surface area contributed by atoms with E-state index < -0.39 is 11.8 Å². The summed E-state index contributed by atoms with van der Waals surface area (Å²) in [6, 6.07) is 2.35. The quantitative estimate of drug-likeness (QED) is 0.272. The van der Waals surface area contributed by atoms with Crippen LogP contribution in [0.2, 0.25) is 0 Å². The van der Waals surface area contributed by atoms with E-state index in [9.17, 15) is 13.9 Å². The number of phenolic OH excluding ortho intramolecular Hbond substituents is 1. The van der Waals surface area contributed by atoms with Gasteiger partial charge in [0.05, 0.1) is 23.0 Å². The summed E-state index contributed by atoms with van der Waals surface area (Å²) < 4.78 is 28.3. The van der Waals surface area contributed by atoms with Gasteiger partial charge in [-0.05, 0) is 30.7 Å². The van der Waals surface area contributed by atoms with Crippen molar-refractivity contribution in [2.24, 2.45) is 10.2 Å². The van der Waals surface area contributed by atoms with Crippen LogP contribution in [-0.2, 0) is 0 Å². The first-order valence-electron chi connectivity index (χ1n) is 12.3. The van der Waals surface area contributed by atoms with Crippen LogP contribution in [0.1, 0.15) is 66.9 Å². The summed E-state index contributed by atoms with van der Waals surface area (Å²) in [6.45, 7) is 21.3. The molecule has 1 aromatic carbocycles. The van der Waals surface area contributed by atoms with E-state index in [0.717, 1.165) is 32.2 Å². The minimum atomic E-state index is -0.765. The molecule has 0 saturated carbocycles. The van der Waals surface area contributed by atoms with Crippen molar-refractivity contribution < 1.29 is 13.9 Å². The molecule has 1 aliphatic heterocycles. The molecule has 2 aromatic rings. The van der Waals surface area contributed by atoms with Crippen molar-refractivity contribution in [1.82, 2.24) is 20.4 Å². The largest absolute Gasteiger partial charge is 0.507 e. The predicted molar refractivity (Wildman–Crippen MR) is 143 cm³/mol. The Morgan fingerprint density at radius 2 is 1.69 bits per heavy atom. The Hall–Kier alpha value is -3.07. The Labute approximate surface area is 209 Å². The summed E-state index contributed by atoms with van der Waals surface area (Å²) in [7, 11) is 0. The van der Waals surface area contributed by atoms with Gasteiger partial charge in [0.1, 0.15) is 17.4 Å². The highest BCUT2D eigenvalue weighted by Crippen LogP contribution is 2.30. The fourth-order valence-corrected chi connectivity index (χ4v) is 2.84. The smallest absolute Gasteiger partial charge is 0.216 e. The summed E-state index contributed by atoms with van der Waals surface area (Å²) in [6.07, 6.45) is 5.03. The molecule has 35 heavy (non-hydrogen) atoms. The number of aromatic hydroxyl groups is 1. The normalized spacial score (nSPS) is 13.5. The van der Waals surface area contributed by atoms with Gasteiger partial charge in [0.25, 0.3) is 0 Å². The van der Waals surface area contributed by atoms with Crippen molar-refractivity contribution in [3.8, 4) is 16.9 Å². The monoisotopic (exact) mass is 492 g/mol. The molecule has 0 bridgehead atoms. The second-order valence-electron chi connectivity index (χ2n) is 7.44. The summed E-state index contributed by atoms with van der Waals surface area (Å²) >= 11 is 0. The lowest BCUT2D eigenvalue weighted by molar-refractivity contribution is 0.355. The molecule has 0 spiro atoms. The molecule has 1 saturated heterocycles. The molecule has 7 nitrogen and oxygen atoms in total.